The van der Waals surface area contributed by atoms with Gasteiger partial charge < -0.3 is 4.57 Å². The van der Waals surface area contributed by atoms with Crippen LogP contribution in [0.5, 0.6) is 0 Å². The van der Waals surface area contributed by atoms with Gasteiger partial charge in [0.25, 0.3) is 0 Å². The Kier molecular flexibility index (Phi) is 6.72. The number of rotatable bonds is 5. The summed E-state index contributed by atoms with van der Waals surface area (Å²) < 4.78 is 2.37. The second kappa shape index (κ2) is 10.8. The summed E-state index contributed by atoms with van der Waals surface area (Å²) in [5, 5.41) is 2.59. The lowest BCUT2D eigenvalue weighted by atomic mass is 9.76. The zero-order valence-electron chi connectivity index (χ0n) is 23.0. The van der Waals surface area contributed by atoms with E-state index in [4.69, 9.17) is 0 Å². The van der Waals surface area contributed by atoms with E-state index in [2.05, 4.69) is 150 Å². The normalized spacial score (nSPS) is 13.9. The van der Waals surface area contributed by atoms with E-state index in [1.165, 1.54) is 66.4 Å². The van der Waals surface area contributed by atoms with E-state index in [-0.39, 0.29) is 7.43 Å². The third-order valence-corrected chi connectivity index (χ3v) is 8.95. The number of hydrogen-bond donors (Lipinski definition) is 0. The topological polar surface area (TPSA) is 4.93 Å². The van der Waals surface area contributed by atoms with E-state index >= 15 is 0 Å². The van der Waals surface area contributed by atoms with Gasteiger partial charge in [-0.1, -0.05) is 129 Å². The summed E-state index contributed by atoms with van der Waals surface area (Å²) in [5.74, 6) is 0.564. The zero-order valence-corrected chi connectivity index (χ0v) is 23.0. The van der Waals surface area contributed by atoms with Crippen LogP contribution < -0.4 is 0 Å². The molecule has 0 spiro atoms. The minimum atomic E-state index is 0. The summed E-state index contributed by atoms with van der Waals surface area (Å²) in [7, 11) is 0. The van der Waals surface area contributed by atoms with Crippen LogP contribution in [0.4, 0.5) is 0 Å². The zero-order chi connectivity index (χ0) is 27.2. The minimum absolute atomic E-state index is 0. The lowest BCUT2D eigenvalue weighted by Gasteiger charge is -2.28. The molecule has 1 aliphatic rings. The van der Waals surface area contributed by atoms with Gasteiger partial charge >= 0.3 is 0 Å². The van der Waals surface area contributed by atoms with Gasteiger partial charge in [0, 0.05) is 16.5 Å². The number of aromatic nitrogens is 1. The van der Waals surface area contributed by atoms with Crippen molar-refractivity contribution in [3.8, 4) is 27.9 Å². The van der Waals surface area contributed by atoms with Crippen molar-refractivity contribution in [1.29, 1.82) is 0 Å². The van der Waals surface area contributed by atoms with Crippen LogP contribution in [0.3, 0.4) is 0 Å². The molecule has 8 rings (SSSR count). The second-order valence-electron chi connectivity index (χ2n) is 11.3. The van der Waals surface area contributed by atoms with Crippen LogP contribution in [0.25, 0.3) is 49.7 Å². The van der Waals surface area contributed by atoms with Crippen LogP contribution in [0.1, 0.15) is 36.5 Å². The van der Waals surface area contributed by atoms with Crippen molar-refractivity contribution in [2.75, 3.05) is 0 Å². The largest absolute Gasteiger partial charge is 0.309 e. The van der Waals surface area contributed by atoms with E-state index in [1.807, 2.05) is 0 Å². The molecule has 0 radical (unpaired) electrons. The molecule has 0 saturated carbocycles. The van der Waals surface area contributed by atoms with E-state index in [1.54, 1.807) is 0 Å². The number of aryl methyl sites for hydroxylation is 1. The molecule has 0 aliphatic heterocycles. The van der Waals surface area contributed by atoms with Gasteiger partial charge in [0.05, 0.1) is 11.0 Å². The van der Waals surface area contributed by atoms with Gasteiger partial charge in [-0.15, -0.1) is 0 Å². The van der Waals surface area contributed by atoms with Crippen molar-refractivity contribution in [2.24, 2.45) is 0 Å². The van der Waals surface area contributed by atoms with Gasteiger partial charge in [-0.3, -0.25) is 0 Å². The van der Waals surface area contributed by atoms with Crippen LogP contribution in [-0.4, -0.2) is 4.57 Å². The first-order valence-electron chi connectivity index (χ1n) is 14.7. The fourth-order valence-corrected chi connectivity index (χ4v) is 6.90. The van der Waals surface area contributed by atoms with Crippen LogP contribution in [0, 0.1) is 0 Å². The Bertz CT molecular complexity index is 1950. The van der Waals surface area contributed by atoms with Gasteiger partial charge in [0.15, 0.2) is 0 Å². The minimum Gasteiger partial charge on any atom is -0.309 e. The maximum absolute atomic E-state index is 2.37. The summed E-state index contributed by atoms with van der Waals surface area (Å²) in [6.07, 6.45) is 3.38. The highest BCUT2D eigenvalue weighted by molar-refractivity contribution is 6.09. The third kappa shape index (κ3) is 4.43. The van der Waals surface area contributed by atoms with Gasteiger partial charge in [-0.05, 0) is 88.4 Å². The van der Waals surface area contributed by atoms with Crippen LogP contribution in [-0.2, 0) is 12.8 Å². The monoisotopic (exact) mass is 541 g/mol. The van der Waals surface area contributed by atoms with Crippen LogP contribution in [0.2, 0.25) is 0 Å². The van der Waals surface area contributed by atoms with E-state index in [9.17, 15) is 0 Å². The quantitative estimate of drug-likeness (QED) is 0.204. The fraction of sp³-hybridized carbons (Fsp3) is 0.122. The molecule has 204 valence electrons. The third-order valence-electron chi connectivity index (χ3n) is 8.95. The van der Waals surface area contributed by atoms with Gasteiger partial charge in [-0.25, -0.2) is 0 Å². The second-order valence-corrected chi connectivity index (χ2v) is 11.3. The number of fused-ring (bicyclic) bond motifs is 6. The average molecular weight is 542 g/mol. The van der Waals surface area contributed by atoms with Crippen molar-refractivity contribution in [3.05, 3.63) is 162 Å². The Hall–Kier alpha value is -4.88. The summed E-state index contributed by atoms with van der Waals surface area (Å²) in [6, 6.07) is 53.5. The van der Waals surface area contributed by atoms with Crippen molar-refractivity contribution in [1.82, 2.24) is 4.57 Å². The molecule has 6 aromatic carbocycles. The standard InChI is InChI=1S/C40H31N.CH4/c1-2-10-34-31(9-1)27-32(35-11-3-4-12-36(34)35)22-19-28-17-20-29(21-18-28)30-23-25-33(26-24-30)41-39-15-7-5-13-37(39)38-14-6-8-16-40(38)41;/h1-18,20-21,23-26,32H,19,22,27H2;1H4. The lowest BCUT2D eigenvalue weighted by Crippen LogP contribution is -2.12. The highest BCUT2D eigenvalue weighted by atomic mass is 15.0. The molecular weight excluding hydrogens is 506 g/mol. The molecule has 0 fully saturated rings. The molecule has 0 bridgehead atoms. The molecule has 0 N–H and O–H groups in total. The Morgan fingerprint density at radius 2 is 1.07 bits per heavy atom. The van der Waals surface area contributed by atoms with E-state index in [0.29, 0.717) is 5.92 Å². The smallest absolute Gasteiger partial charge is 0.0541 e. The molecule has 0 amide bonds. The fourth-order valence-electron chi connectivity index (χ4n) is 6.90. The summed E-state index contributed by atoms with van der Waals surface area (Å²) in [4.78, 5) is 0. The van der Waals surface area contributed by atoms with Crippen molar-refractivity contribution >= 4 is 21.8 Å². The average Bonchev–Trinajstić information content (AvgIpc) is 3.38. The Morgan fingerprint density at radius 1 is 0.524 bits per heavy atom. The predicted molar refractivity (Wildman–Crippen MR) is 180 cm³/mol. The van der Waals surface area contributed by atoms with E-state index < -0.39 is 0 Å². The van der Waals surface area contributed by atoms with E-state index in [0.717, 1.165) is 19.3 Å². The molecule has 1 unspecified atom stereocenters. The van der Waals surface area contributed by atoms with Gasteiger partial charge in [0.2, 0.25) is 0 Å². The molecule has 1 heteroatoms. The number of nitrogens with zero attached hydrogens (tertiary/aromatic N) is 1. The van der Waals surface area contributed by atoms with Gasteiger partial charge in [-0.2, -0.15) is 0 Å². The predicted octanol–water partition coefficient (Wildman–Crippen LogP) is 11.0. The molecular formula is C41H35N. The molecule has 42 heavy (non-hydrogen) atoms. The first-order valence-corrected chi connectivity index (χ1v) is 14.7. The molecule has 7 aromatic rings. The van der Waals surface area contributed by atoms with Crippen molar-refractivity contribution in [3.63, 3.8) is 0 Å². The summed E-state index contributed by atoms with van der Waals surface area (Å²) in [5.41, 5.74) is 13.4. The first kappa shape index (κ1) is 26.0. The molecule has 1 atom stereocenters. The maximum Gasteiger partial charge on any atom is 0.0541 e. The molecule has 0 saturated heterocycles. The molecule has 1 aromatic heterocycles. The first-order chi connectivity index (χ1) is 20.3. The molecule has 1 nitrogen and oxygen atoms in total. The SMILES string of the molecule is C.c1ccc2c(c1)CC(CCc1ccc(-c3ccc(-n4c5ccccc5c5ccccc54)cc3)cc1)c1ccccc1-2. The summed E-state index contributed by atoms with van der Waals surface area (Å²) in [6.45, 7) is 0. The highest BCUT2D eigenvalue weighted by Gasteiger charge is 2.23. The molecule has 1 aliphatic carbocycles. The van der Waals surface area contributed by atoms with Crippen molar-refractivity contribution < 1.29 is 0 Å². The number of hydrogen-bond acceptors (Lipinski definition) is 0. The Labute approximate surface area is 248 Å². The Balaban J connectivity index is 0.00000288. The van der Waals surface area contributed by atoms with Crippen LogP contribution in [0.15, 0.2) is 146 Å². The number of benzene rings is 6. The highest BCUT2D eigenvalue weighted by Crippen LogP contribution is 2.41. The number of para-hydroxylation sites is 2. The van der Waals surface area contributed by atoms with Gasteiger partial charge in [0.1, 0.15) is 0 Å². The maximum atomic E-state index is 2.37. The lowest BCUT2D eigenvalue weighted by molar-refractivity contribution is 0.616. The Morgan fingerprint density at radius 3 is 1.76 bits per heavy atom. The van der Waals surface area contributed by atoms with Crippen molar-refractivity contribution in [2.45, 2.75) is 32.6 Å². The van der Waals surface area contributed by atoms with Crippen LogP contribution >= 0.6 is 0 Å². The summed E-state index contributed by atoms with van der Waals surface area (Å²) >= 11 is 0. The molecule has 1 heterocycles.